The molecule has 19 heavy (non-hydrogen) atoms. The van der Waals surface area contributed by atoms with Crippen molar-refractivity contribution in [3.63, 3.8) is 0 Å². The van der Waals surface area contributed by atoms with Crippen LogP contribution in [0.3, 0.4) is 0 Å². The molecule has 1 fully saturated rings. The van der Waals surface area contributed by atoms with Crippen molar-refractivity contribution in [1.82, 2.24) is 5.32 Å². The van der Waals surface area contributed by atoms with E-state index in [9.17, 15) is 0 Å². The first-order valence-electron chi connectivity index (χ1n) is 7.57. The molecule has 1 N–H and O–H groups in total. The van der Waals surface area contributed by atoms with E-state index in [1.54, 1.807) is 0 Å². The van der Waals surface area contributed by atoms with E-state index in [0.29, 0.717) is 12.1 Å². The van der Waals surface area contributed by atoms with E-state index in [1.165, 1.54) is 31.2 Å². The molecule has 1 aromatic rings. The summed E-state index contributed by atoms with van der Waals surface area (Å²) in [4.78, 5) is 0. The molecule has 0 spiro atoms. The van der Waals surface area contributed by atoms with E-state index >= 15 is 0 Å². The smallest absolute Gasteiger partial charge is 0.0294 e. The van der Waals surface area contributed by atoms with Gasteiger partial charge in [-0.25, -0.2) is 0 Å². The van der Waals surface area contributed by atoms with E-state index in [2.05, 4.69) is 66.3 Å². The Morgan fingerprint density at radius 3 is 2.11 bits per heavy atom. The number of benzene rings is 1. The van der Waals surface area contributed by atoms with Gasteiger partial charge in [-0.3, -0.25) is 0 Å². The quantitative estimate of drug-likeness (QED) is 0.791. The molecule has 2 heteroatoms. The van der Waals surface area contributed by atoms with Crippen molar-refractivity contribution in [3.8, 4) is 0 Å². The van der Waals surface area contributed by atoms with Crippen LogP contribution in [0, 0.1) is 11.8 Å². The lowest BCUT2D eigenvalue weighted by molar-refractivity contribution is 0.231. The fourth-order valence-electron chi connectivity index (χ4n) is 3.15. The summed E-state index contributed by atoms with van der Waals surface area (Å²) < 4.78 is 1.15. The Hall–Kier alpha value is -0.340. The van der Waals surface area contributed by atoms with E-state index in [-0.39, 0.29) is 0 Å². The van der Waals surface area contributed by atoms with Gasteiger partial charge in [-0.2, -0.15) is 0 Å². The normalized spacial score (nSPS) is 25.5. The molecular weight excluding hydrogens is 298 g/mol. The Morgan fingerprint density at radius 1 is 1.00 bits per heavy atom. The van der Waals surface area contributed by atoms with Gasteiger partial charge in [0.05, 0.1) is 0 Å². The second-order valence-corrected chi connectivity index (χ2v) is 7.21. The monoisotopic (exact) mass is 323 g/mol. The number of hydrogen-bond donors (Lipinski definition) is 1. The van der Waals surface area contributed by atoms with Gasteiger partial charge in [-0.1, -0.05) is 41.9 Å². The second kappa shape index (κ2) is 6.90. The lowest BCUT2D eigenvalue weighted by Gasteiger charge is -2.33. The third-order valence-corrected chi connectivity index (χ3v) is 5.10. The molecule has 1 aromatic carbocycles. The minimum atomic E-state index is 0.452. The van der Waals surface area contributed by atoms with Gasteiger partial charge >= 0.3 is 0 Å². The minimum absolute atomic E-state index is 0.452. The maximum atomic E-state index is 3.80. The maximum absolute atomic E-state index is 3.80. The minimum Gasteiger partial charge on any atom is -0.307 e. The molecular formula is C17H26BrN. The summed E-state index contributed by atoms with van der Waals surface area (Å²) in [6.45, 7) is 7.00. The zero-order chi connectivity index (χ0) is 13.8. The highest BCUT2D eigenvalue weighted by atomic mass is 79.9. The highest BCUT2D eigenvalue weighted by molar-refractivity contribution is 9.10. The van der Waals surface area contributed by atoms with Crippen molar-refractivity contribution in [3.05, 3.63) is 34.3 Å². The highest BCUT2D eigenvalue weighted by Gasteiger charge is 2.24. The summed E-state index contributed by atoms with van der Waals surface area (Å²) in [6.07, 6.45) is 5.46. The largest absolute Gasteiger partial charge is 0.307 e. The Morgan fingerprint density at radius 2 is 1.58 bits per heavy atom. The van der Waals surface area contributed by atoms with E-state index in [1.807, 2.05) is 0 Å². The van der Waals surface area contributed by atoms with E-state index in [0.717, 1.165) is 16.3 Å². The average Bonchev–Trinajstić information content (AvgIpc) is 2.40. The molecule has 0 aromatic heterocycles. The molecule has 0 aliphatic heterocycles. The molecule has 0 saturated heterocycles. The number of halogens is 1. The molecule has 2 rings (SSSR count). The van der Waals surface area contributed by atoms with Gasteiger partial charge in [-0.05, 0) is 62.1 Å². The van der Waals surface area contributed by atoms with Gasteiger partial charge in [0.15, 0.2) is 0 Å². The summed E-state index contributed by atoms with van der Waals surface area (Å²) in [5.74, 6) is 1.80. The van der Waals surface area contributed by atoms with Crippen LogP contribution in [0.5, 0.6) is 0 Å². The third-order valence-electron chi connectivity index (χ3n) is 4.57. The Kier molecular flexibility index (Phi) is 5.47. The van der Waals surface area contributed by atoms with Gasteiger partial charge in [0.1, 0.15) is 0 Å². The van der Waals surface area contributed by atoms with E-state index < -0.39 is 0 Å². The third kappa shape index (κ3) is 4.32. The Labute approximate surface area is 126 Å². The summed E-state index contributed by atoms with van der Waals surface area (Å²) in [6, 6.07) is 9.83. The van der Waals surface area contributed by atoms with Gasteiger partial charge in [-0.15, -0.1) is 0 Å². The van der Waals surface area contributed by atoms with Crippen molar-refractivity contribution in [1.29, 1.82) is 0 Å². The lowest BCUT2D eigenvalue weighted by atomic mass is 9.79. The molecule has 1 atom stereocenters. The molecule has 1 saturated carbocycles. The summed E-state index contributed by atoms with van der Waals surface area (Å²) in [7, 11) is 0. The van der Waals surface area contributed by atoms with Gasteiger partial charge < -0.3 is 5.32 Å². The van der Waals surface area contributed by atoms with Crippen LogP contribution in [0.15, 0.2) is 28.7 Å². The van der Waals surface area contributed by atoms with Crippen LogP contribution in [-0.4, -0.2) is 6.04 Å². The van der Waals surface area contributed by atoms with Crippen LogP contribution in [0.1, 0.15) is 58.1 Å². The average molecular weight is 324 g/mol. The molecule has 1 aliphatic rings. The van der Waals surface area contributed by atoms with Crippen LogP contribution in [0.25, 0.3) is 0 Å². The molecule has 0 heterocycles. The zero-order valence-corrected chi connectivity index (χ0v) is 13.9. The van der Waals surface area contributed by atoms with Crippen molar-refractivity contribution >= 4 is 15.9 Å². The van der Waals surface area contributed by atoms with Gasteiger partial charge in [0.25, 0.3) is 0 Å². The predicted molar refractivity (Wildman–Crippen MR) is 86.3 cm³/mol. The Balaban J connectivity index is 1.83. The van der Waals surface area contributed by atoms with Crippen LogP contribution < -0.4 is 5.32 Å². The second-order valence-electron chi connectivity index (χ2n) is 6.30. The molecule has 0 bridgehead atoms. The molecule has 0 amide bonds. The molecule has 1 unspecified atom stereocenters. The first-order chi connectivity index (χ1) is 9.06. The summed E-state index contributed by atoms with van der Waals surface area (Å²) in [5.41, 5.74) is 1.38. The maximum Gasteiger partial charge on any atom is 0.0294 e. The van der Waals surface area contributed by atoms with E-state index in [4.69, 9.17) is 0 Å². The SMILES string of the molecule is CC(NC1CCC(C(C)C)CC1)c1ccc(Br)cc1. The first kappa shape index (κ1) is 15.1. The topological polar surface area (TPSA) is 12.0 Å². The fourth-order valence-corrected chi connectivity index (χ4v) is 3.42. The van der Waals surface area contributed by atoms with Crippen LogP contribution >= 0.6 is 15.9 Å². The van der Waals surface area contributed by atoms with Crippen LogP contribution in [0.4, 0.5) is 0 Å². The van der Waals surface area contributed by atoms with Crippen LogP contribution in [-0.2, 0) is 0 Å². The van der Waals surface area contributed by atoms with Gasteiger partial charge in [0, 0.05) is 16.6 Å². The number of hydrogen-bond acceptors (Lipinski definition) is 1. The summed E-state index contributed by atoms with van der Waals surface area (Å²) in [5, 5.41) is 3.80. The molecule has 1 aliphatic carbocycles. The van der Waals surface area contributed by atoms with Crippen molar-refractivity contribution in [2.24, 2.45) is 11.8 Å². The van der Waals surface area contributed by atoms with Crippen molar-refractivity contribution in [2.75, 3.05) is 0 Å². The Bertz CT molecular complexity index is 377. The number of rotatable bonds is 4. The highest BCUT2D eigenvalue weighted by Crippen LogP contribution is 2.31. The predicted octanol–water partition coefficient (Wildman–Crippen LogP) is 5.31. The summed E-state index contributed by atoms with van der Waals surface area (Å²) >= 11 is 3.49. The zero-order valence-electron chi connectivity index (χ0n) is 12.3. The molecule has 0 radical (unpaired) electrons. The molecule has 106 valence electrons. The van der Waals surface area contributed by atoms with Crippen molar-refractivity contribution < 1.29 is 0 Å². The number of nitrogens with one attached hydrogen (secondary N) is 1. The molecule has 1 nitrogen and oxygen atoms in total. The van der Waals surface area contributed by atoms with Crippen molar-refractivity contribution in [2.45, 2.75) is 58.5 Å². The first-order valence-corrected chi connectivity index (χ1v) is 8.37. The van der Waals surface area contributed by atoms with Gasteiger partial charge in [0.2, 0.25) is 0 Å². The standard InChI is InChI=1S/C17H26BrN/c1-12(2)14-6-10-17(11-7-14)19-13(3)15-4-8-16(18)9-5-15/h4-5,8-9,12-14,17,19H,6-7,10-11H2,1-3H3. The fraction of sp³-hybridized carbons (Fsp3) is 0.647. The lowest BCUT2D eigenvalue weighted by Crippen LogP contribution is -2.35. The van der Waals surface area contributed by atoms with Crippen LogP contribution in [0.2, 0.25) is 0 Å².